The number of carbonyl (C=O) groups is 1. The van der Waals surface area contributed by atoms with Gasteiger partial charge in [-0.05, 0) is 38.1 Å². The van der Waals surface area contributed by atoms with Crippen molar-refractivity contribution in [3.05, 3.63) is 29.3 Å². The van der Waals surface area contributed by atoms with Crippen LogP contribution in [0.3, 0.4) is 0 Å². The first-order valence-electron chi connectivity index (χ1n) is 4.74. The molecule has 0 radical (unpaired) electrons. The van der Waals surface area contributed by atoms with E-state index >= 15 is 0 Å². The van der Waals surface area contributed by atoms with Crippen molar-refractivity contribution in [1.82, 2.24) is 0 Å². The number of aliphatic hydroxyl groups excluding tert-OH is 1. The van der Waals surface area contributed by atoms with Crippen LogP contribution in [-0.4, -0.2) is 23.7 Å². The molecule has 1 amide bonds. The van der Waals surface area contributed by atoms with Gasteiger partial charge in [0, 0.05) is 16.8 Å². The Morgan fingerprint density at radius 2 is 1.93 bits per heavy atom. The van der Waals surface area contributed by atoms with E-state index in [-0.39, 0.29) is 11.9 Å². The van der Waals surface area contributed by atoms with Crippen LogP contribution in [0.4, 0.5) is 5.69 Å². The monoisotopic (exact) mass is 227 g/mol. The molecular formula is C11H14ClNO2. The van der Waals surface area contributed by atoms with Crippen LogP contribution in [0.1, 0.15) is 13.8 Å². The molecule has 0 atom stereocenters. The van der Waals surface area contributed by atoms with E-state index in [2.05, 4.69) is 0 Å². The molecule has 0 aromatic heterocycles. The van der Waals surface area contributed by atoms with Crippen LogP contribution in [0.25, 0.3) is 0 Å². The highest BCUT2D eigenvalue weighted by Gasteiger charge is 2.17. The van der Waals surface area contributed by atoms with Crippen LogP contribution in [0, 0.1) is 0 Å². The largest absolute Gasteiger partial charge is 0.387 e. The number of anilines is 1. The zero-order chi connectivity index (χ0) is 11.4. The van der Waals surface area contributed by atoms with E-state index in [9.17, 15) is 4.79 Å². The van der Waals surface area contributed by atoms with Gasteiger partial charge in [-0.15, -0.1) is 0 Å². The van der Waals surface area contributed by atoms with Gasteiger partial charge in [0.1, 0.15) is 6.61 Å². The molecule has 15 heavy (non-hydrogen) atoms. The van der Waals surface area contributed by atoms with Crippen LogP contribution < -0.4 is 4.90 Å². The average Bonchev–Trinajstić information content (AvgIpc) is 2.20. The van der Waals surface area contributed by atoms with Gasteiger partial charge in [-0.3, -0.25) is 4.79 Å². The number of hydrogen-bond acceptors (Lipinski definition) is 2. The first kappa shape index (κ1) is 12.0. The Hall–Kier alpha value is -1.06. The number of aliphatic hydroxyl groups is 1. The Morgan fingerprint density at radius 1 is 1.40 bits per heavy atom. The molecule has 1 aromatic carbocycles. The maximum atomic E-state index is 11.5. The van der Waals surface area contributed by atoms with Crippen LogP contribution in [-0.2, 0) is 4.79 Å². The van der Waals surface area contributed by atoms with Crippen molar-refractivity contribution in [2.45, 2.75) is 19.9 Å². The summed E-state index contributed by atoms with van der Waals surface area (Å²) in [5, 5.41) is 9.48. The molecule has 0 aliphatic carbocycles. The standard InChI is InChI=1S/C11H14ClNO2/c1-8(2)13(11(15)7-14)10-5-3-9(12)4-6-10/h3-6,8,14H,7H2,1-2H3. The van der Waals surface area contributed by atoms with Crippen LogP contribution in [0.2, 0.25) is 5.02 Å². The maximum Gasteiger partial charge on any atom is 0.252 e. The van der Waals surface area contributed by atoms with Crippen molar-refractivity contribution in [2.24, 2.45) is 0 Å². The van der Waals surface area contributed by atoms with Crippen molar-refractivity contribution in [1.29, 1.82) is 0 Å². The number of benzene rings is 1. The number of halogens is 1. The van der Waals surface area contributed by atoms with E-state index in [1.165, 1.54) is 4.90 Å². The maximum absolute atomic E-state index is 11.5. The molecule has 0 saturated heterocycles. The molecule has 1 rings (SSSR count). The predicted molar refractivity (Wildman–Crippen MR) is 61.2 cm³/mol. The molecule has 1 aromatic rings. The quantitative estimate of drug-likeness (QED) is 0.859. The number of hydrogen-bond donors (Lipinski definition) is 1. The molecule has 3 nitrogen and oxygen atoms in total. The average molecular weight is 228 g/mol. The Kier molecular flexibility index (Phi) is 4.12. The molecular weight excluding hydrogens is 214 g/mol. The second-order valence-electron chi connectivity index (χ2n) is 3.49. The SMILES string of the molecule is CC(C)N(C(=O)CO)c1ccc(Cl)cc1. The minimum atomic E-state index is -0.485. The van der Waals surface area contributed by atoms with Gasteiger partial charge < -0.3 is 10.0 Å². The molecule has 0 aliphatic heterocycles. The summed E-state index contributed by atoms with van der Waals surface area (Å²) in [5.74, 6) is -0.313. The topological polar surface area (TPSA) is 40.5 Å². The summed E-state index contributed by atoms with van der Waals surface area (Å²) in [6.07, 6.45) is 0. The van der Waals surface area contributed by atoms with E-state index in [0.717, 1.165) is 5.69 Å². The zero-order valence-corrected chi connectivity index (χ0v) is 9.53. The van der Waals surface area contributed by atoms with Crippen LogP contribution in [0.15, 0.2) is 24.3 Å². The van der Waals surface area contributed by atoms with Crippen molar-refractivity contribution in [2.75, 3.05) is 11.5 Å². The van der Waals surface area contributed by atoms with Gasteiger partial charge in [0.15, 0.2) is 0 Å². The Morgan fingerprint density at radius 3 is 2.33 bits per heavy atom. The van der Waals surface area contributed by atoms with E-state index in [4.69, 9.17) is 16.7 Å². The van der Waals surface area contributed by atoms with E-state index < -0.39 is 6.61 Å². The highest BCUT2D eigenvalue weighted by Crippen LogP contribution is 2.20. The second-order valence-corrected chi connectivity index (χ2v) is 3.93. The summed E-state index contributed by atoms with van der Waals surface area (Å²) in [6.45, 7) is 3.30. The van der Waals surface area contributed by atoms with Gasteiger partial charge in [-0.2, -0.15) is 0 Å². The lowest BCUT2D eigenvalue weighted by Crippen LogP contribution is -2.38. The van der Waals surface area contributed by atoms with Gasteiger partial charge in [-0.25, -0.2) is 0 Å². The third-order valence-corrected chi connectivity index (χ3v) is 2.28. The fourth-order valence-electron chi connectivity index (χ4n) is 1.41. The fraction of sp³-hybridized carbons (Fsp3) is 0.364. The van der Waals surface area contributed by atoms with E-state index in [0.29, 0.717) is 5.02 Å². The van der Waals surface area contributed by atoms with Crippen molar-refractivity contribution in [3.8, 4) is 0 Å². The fourth-order valence-corrected chi connectivity index (χ4v) is 1.53. The third kappa shape index (κ3) is 2.94. The van der Waals surface area contributed by atoms with Crippen molar-refractivity contribution in [3.63, 3.8) is 0 Å². The van der Waals surface area contributed by atoms with Crippen LogP contribution in [0.5, 0.6) is 0 Å². The summed E-state index contributed by atoms with van der Waals surface area (Å²) in [6, 6.07) is 6.96. The van der Waals surface area contributed by atoms with Gasteiger partial charge in [0.2, 0.25) is 0 Å². The van der Waals surface area contributed by atoms with Gasteiger partial charge in [-0.1, -0.05) is 11.6 Å². The summed E-state index contributed by atoms with van der Waals surface area (Å²) in [4.78, 5) is 13.0. The molecule has 0 unspecified atom stereocenters. The summed E-state index contributed by atoms with van der Waals surface area (Å²) in [5.41, 5.74) is 0.744. The van der Waals surface area contributed by atoms with Crippen LogP contribution >= 0.6 is 11.6 Å². The molecule has 0 fully saturated rings. The van der Waals surface area contributed by atoms with Gasteiger partial charge in [0.25, 0.3) is 5.91 Å². The lowest BCUT2D eigenvalue weighted by Gasteiger charge is -2.26. The Bertz CT molecular complexity index is 335. The molecule has 0 heterocycles. The summed E-state index contributed by atoms with van der Waals surface area (Å²) < 4.78 is 0. The molecule has 0 bridgehead atoms. The smallest absolute Gasteiger partial charge is 0.252 e. The van der Waals surface area contributed by atoms with Crippen molar-refractivity contribution >= 4 is 23.2 Å². The minimum absolute atomic E-state index is 0.00539. The minimum Gasteiger partial charge on any atom is -0.387 e. The second kappa shape index (κ2) is 5.14. The molecule has 82 valence electrons. The Balaban J connectivity index is 2.99. The zero-order valence-electron chi connectivity index (χ0n) is 8.77. The lowest BCUT2D eigenvalue weighted by molar-refractivity contribution is -0.121. The number of carbonyl (C=O) groups excluding carboxylic acids is 1. The molecule has 0 saturated carbocycles. The van der Waals surface area contributed by atoms with Gasteiger partial charge in [0.05, 0.1) is 0 Å². The normalized spacial score (nSPS) is 10.5. The number of nitrogens with zero attached hydrogens (tertiary/aromatic N) is 1. The highest BCUT2D eigenvalue weighted by atomic mass is 35.5. The molecule has 0 spiro atoms. The number of amides is 1. The summed E-state index contributed by atoms with van der Waals surface area (Å²) in [7, 11) is 0. The van der Waals surface area contributed by atoms with Crippen molar-refractivity contribution < 1.29 is 9.90 Å². The molecule has 4 heteroatoms. The number of rotatable bonds is 3. The first-order valence-corrected chi connectivity index (χ1v) is 5.12. The van der Waals surface area contributed by atoms with Gasteiger partial charge >= 0.3 is 0 Å². The molecule has 1 N–H and O–H groups in total. The summed E-state index contributed by atoms with van der Waals surface area (Å²) >= 11 is 5.76. The predicted octanol–water partition coefficient (Wildman–Crippen LogP) is 2.07. The first-order chi connectivity index (χ1) is 7.06. The molecule has 0 aliphatic rings. The highest BCUT2D eigenvalue weighted by molar-refractivity contribution is 6.30. The van der Waals surface area contributed by atoms with E-state index in [1.54, 1.807) is 24.3 Å². The third-order valence-electron chi connectivity index (χ3n) is 2.03. The lowest BCUT2D eigenvalue weighted by atomic mass is 10.2. The Labute approximate surface area is 94.3 Å². The van der Waals surface area contributed by atoms with E-state index in [1.807, 2.05) is 13.8 Å².